The molecule has 82 valence electrons. The largest absolute Gasteiger partial charge is 0.369 e. The van der Waals surface area contributed by atoms with E-state index in [2.05, 4.69) is 6.92 Å². The van der Waals surface area contributed by atoms with Crippen molar-refractivity contribution in [3.05, 3.63) is 0 Å². The topological polar surface area (TPSA) is 29.5 Å². The van der Waals surface area contributed by atoms with E-state index in [9.17, 15) is 4.79 Å². The lowest BCUT2D eigenvalue weighted by Crippen LogP contribution is -2.43. The van der Waals surface area contributed by atoms with Gasteiger partial charge in [0.25, 0.3) is 0 Å². The van der Waals surface area contributed by atoms with Gasteiger partial charge >= 0.3 is 0 Å². The van der Waals surface area contributed by atoms with Gasteiger partial charge in [-0.1, -0.05) is 6.92 Å². The summed E-state index contributed by atoms with van der Waals surface area (Å²) in [5, 5.41) is 0.562. The molecule has 3 nitrogen and oxygen atoms in total. The number of carbonyl (C=O) groups is 1. The highest BCUT2D eigenvalue weighted by Gasteiger charge is 2.21. The maximum atomic E-state index is 11.6. The highest BCUT2D eigenvalue weighted by Crippen LogP contribution is 2.17. The standard InChI is InChI=1S/C10H19NO2S/c1-8(2)13-7-10(12)11-4-5-14-9(3)6-11/h8-9H,4-7H2,1-3H3. The SMILES string of the molecule is CC(C)OCC(=O)N1CCSC(C)C1. The Kier molecular flexibility index (Phi) is 4.75. The zero-order chi connectivity index (χ0) is 10.6. The molecular weight excluding hydrogens is 198 g/mol. The lowest BCUT2D eigenvalue weighted by atomic mass is 10.3. The van der Waals surface area contributed by atoms with Crippen LogP contribution in [0.5, 0.6) is 0 Å². The summed E-state index contributed by atoms with van der Waals surface area (Å²) in [6, 6.07) is 0. The molecule has 0 bridgehead atoms. The van der Waals surface area contributed by atoms with Crippen molar-refractivity contribution >= 4 is 17.7 Å². The molecule has 0 aromatic rings. The summed E-state index contributed by atoms with van der Waals surface area (Å²) >= 11 is 1.93. The van der Waals surface area contributed by atoms with Crippen LogP contribution in [-0.4, -0.2) is 47.6 Å². The Morgan fingerprint density at radius 1 is 1.64 bits per heavy atom. The van der Waals surface area contributed by atoms with Gasteiger partial charge in [-0.3, -0.25) is 4.79 Å². The fourth-order valence-corrected chi connectivity index (χ4v) is 2.39. The molecule has 0 spiro atoms. The molecule has 1 aliphatic rings. The van der Waals surface area contributed by atoms with Crippen molar-refractivity contribution in [2.24, 2.45) is 0 Å². The van der Waals surface area contributed by atoms with E-state index in [1.807, 2.05) is 30.5 Å². The van der Waals surface area contributed by atoms with Crippen molar-refractivity contribution in [3.8, 4) is 0 Å². The smallest absolute Gasteiger partial charge is 0.248 e. The molecule has 1 rings (SSSR count). The molecule has 1 atom stereocenters. The van der Waals surface area contributed by atoms with Crippen LogP contribution in [0.25, 0.3) is 0 Å². The van der Waals surface area contributed by atoms with Gasteiger partial charge in [-0.05, 0) is 13.8 Å². The first-order chi connectivity index (χ1) is 6.59. The zero-order valence-electron chi connectivity index (χ0n) is 9.16. The number of rotatable bonds is 3. The molecule has 1 unspecified atom stereocenters. The molecular formula is C10H19NO2S. The molecule has 0 radical (unpaired) electrons. The van der Waals surface area contributed by atoms with Crippen LogP contribution in [0, 0.1) is 0 Å². The molecule has 1 amide bonds. The first-order valence-corrected chi connectivity index (χ1v) is 6.15. The Balaban J connectivity index is 2.29. The Hall–Kier alpha value is -0.220. The number of hydrogen-bond acceptors (Lipinski definition) is 3. The second-order valence-electron chi connectivity index (χ2n) is 3.88. The highest BCUT2D eigenvalue weighted by atomic mass is 32.2. The monoisotopic (exact) mass is 217 g/mol. The average Bonchev–Trinajstić information content (AvgIpc) is 2.14. The van der Waals surface area contributed by atoms with Gasteiger partial charge in [0, 0.05) is 24.1 Å². The van der Waals surface area contributed by atoms with E-state index < -0.39 is 0 Å². The number of nitrogens with zero attached hydrogens (tertiary/aromatic N) is 1. The Bertz CT molecular complexity index is 197. The van der Waals surface area contributed by atoms with Gasteiger partial charge in [0.2, 0.25) is 5.91 Å². The van der Waals surface area contributed by atoms with Crippen LogP contribution in [0.1, 0.15) is 20.8 Å². The van der Waals surface area contributed by atoms with E-state index in [0.29, 0.717) is 5.25 Å². The van der Waals surface area contributed by atoms with Gasteiger partial charge in [0.1, 0.15) is 6.61 Å². The van der Waals surface area contributed by atoms with Gasteiger partial charge < -0.3 is 9.64 Å². The molecule has 14 heavy (non-hydrogen) atoms. The zero-order valence-corrected chi connectivity index (χ0v) is 9.97. The van der Waals surface area contributed by atoms with Crippen molar-refractivity contribution in [2.45, 2.75) is 32.1 Å². The molecule has 1 fully saturated rings. The summed E-state index contributed by atoms with van der Waals surface area (Å²) in [5.41, 5.74) is 0. The van der Waals surface area contributed by atoms with E-state index in [4.69, 9.17) is 4.74 Å². The number of hydrogen-bond donors (Lipinski definition) is 0. The predicted octanol–water partition coefficient (Wildman–Crippen LogP) is 1.38. The first-order valence-electron chi connectivity index (χ1n) is 5.10. The van der Waals surface area contributed by atoms with Crippen molar-refractivity contribution in [1.82, 2.24) is 4.90 Å². The lowest BCUT2D eigenvalue weighted by Gasteiger charge is -2.30. The van der Waals surface area contributed by atoms with E-state index >= 15 is 0 Å². The third-order valence-electron chi connectivity index (χ3n) is 2.13. The van der Waals surface area contributed by atoms with Crippen molar-refractivity contribution in [1.29, 1.82) is 0 Å². The third-order valence-corrected chi connectivity index (χ3v) is 3.27. The van der Waals surface area contributed by atoms with E-state index in [0.717, 1.165) is 18.8 Å². The molecule has 1 saturated heterocycles. The minimum absolute atomic E-state index is 0.130. The van der Waals surface area contributed by atoms with Crippen LogP contribution in [0.4, 0.5) is 0 Å². The van der Waals surface area contributed by atoms with Crippen LogP contribution in [0.15, 0.2) is 0 Å². The number of carbonyl (C=O) groups excluding carboxylic acids is 1. The predicted molar refractivity (Wildman–Crippen MR) is 59.6 cm³/mol. The summed E-state index contributed by atoms with van der Waals surface area (Å²) in [7, 11) is 0. The maximum Gasteiger partial charge on any atom is 0.248 e. The number of thioether (sulfide) groups is 1. The number of ether oxygens (including phenoxy) is 1. The van der Waals surface area contributed by atoms with Crippen LogP contribution < -0.4 is 0 Å². The maximum absolute atomic E-state index is 11.6. The third kappa shape index (κ3) is 3.88. The van der Waals surface area contributed by atoms with Crippen LogP contribution in [-0.2, 0) is 9.53 Å². The van der Waals surface area contributed by atoms with Crippen molar-refractivity contribution in [2.75, 3.05) is 25.4 Å². The highest BCUT2D eigenvalue weighted by molar-refractivity contribution is 7.99. The van der Waals surface area contributed by atoms with Gasteiger partial charge in [-0.25, -0.2) is 0 Å². The second-order valence-corrected chi connectivity index (χ2v) is 5.43. The lowest BCUT2D eigenvalue weighted by molar-refractivity contribution is -0.137. The minimum atomic E-state index is 0.130. The van der Waals surface area contributed by atoms with Gasteiger partial charge in [0.15, 0.2) is 0 Å². The van der Waals surface area contributed by atoms with Gasteiger partial charge in [-0.15, -0.1) is 0 Å². The summed E-state index contributed by atoms with van der Waals surface area (Å²) in [4.78, 5) is 13.5. The quantitative estimate of drug-likeness (QED) is 0.715. The molecule has 4 heteroatoms. The van der Waals surface area contributed by atoms with Crippen molar-refractivity contribution in [3.63, 3.8) is 0 Å². The number of amides is 1. The van der Waals surface area contributed by atoms with Gasteiger partial charge in [-0.2, -0.15) is 11.8 Å². The van der Waals surface area contributed by atoms with E-state index in [-0.39, 0.29) is 18.6 Å². The summed E-state index contributed by atoms with van der Waals surface area (Å²) in [6.45, 7) is 8.02. The molecule has 1 heterocycles. The summed E-state index contributed by atoms with van der Waals surface area (Å²) < 4.78 is 5.29. The van der Waals surface area contributed by atoms with E-state index in [1.165, 1.54) is 0 Å². The molecule has 1 aliphatic heterocycles. The molecule has 0 aromatic heterocycles. The van der Waals surface area contributed by atoms with Crippen LogP contribution >= 0.6 is 11.8 Å². The fourth-order valence-electron chi connectivity index (χ4n) is 1.37. The molecule has 0 aliphatic carbocycles. The van der Waals surface area contributed by atoms with Crippen molar-refractivity contribution < 1.29 is 9.53 Å². The van der Waals surface area contributed by atoms with Gasteiger partial charge in [0.05, 0.1) is 6.10 Å². The minimum Gasteiger partial charge on any atom is -0.369 e. The van der Waals surface area contributed by atoms with Crippen LogP contribution in [0.2, 0.25) is 0 Å². The summed E-state index contributed by atoms with van der Waals surface area (Å²) in [6.07, 6.45) is 0.135. The fraction of sp³-hybridized carbons (Fsp3) is 0.900. The van der Waals surface area contributed by atoms with Crippen LogP contribution in [0.3, 0.4) is 0 Å². The second kappa shape index (κ2) is 5.61. The first kappa shape index (κ1) is 11.9. The molecule has 0 saturated carbocycles. The molecule has 0 aromatic carbocycles. The molecule has 0 N–H and O–H groups in total. The average molecular weight is 217 g/mol. The Labute approximate surface area is 90.2 Å². The Morgan fingerprint density at radius 3 is 2.93 bits per heavy atom. The van der Waals surface area contributed by atoms with E-state index in [1.54, 1.807) is 0 Å². The summed E-state index contributed by atoms with van der Waals surface area (Å²) in [5.74, 6) is 1.18. The Morgan fingerprint density at radius 2 is 2.36 bits per heavy atom. The normalized spacial score (nSPS) is 22.9.